The molecular formula is C25H25NO2S. The van der Waals surface area contributed by atoms with Crippen LogP contribution in [-0.4, -0.2) is 21.4 Å². The molecule has 4 aromatic rings. The van der Waals surface area contributed by atoms with E-state index in [2.05, 4.69) is 72.2 Å². The highest BCUT2D eigenvalue weighted by molar-refractivity contribution is 7.99. The summed E-state index contributed by atoms with van der Waals surface area (Å²) < 4.78 is 2.33. The molecule has 29 heavy (non-hydrogen) atoms. The fourth-order valence-corrected chi connectivity index (χ4v) is 5.09. The summed E-state index contributed by atoms with van der Waals surface area (Å²) in [5.41, 5.74) is 4.41. The molecule has 0 saturated heterocycles. The zero-order chi connectivity index (χ0) is 20.2. The molecule has 0 radical (unpaired) electrons. The van der Waals surface area contributed by atoms with Gasteiger partial charge in [0.15, 0.2) is 0 Å². The van der Waals surface area contributed by atoms with Crippen molar-refractivity contribution in [2.24, 2.45) is 0 Å². The number of rotatable bonds is 8. The summed E-state index contributed by atoms with van der Waals surface area (Å²) in [6, 6.07) is 23.1. The van der Waals surface area contributed by atoms with E-state index in [0.29, 0.717) is 0 Å². The van der Waals surface area contributed by atoms with E-state index in [1.54, 1.807) is 0 Å². The second-order valence-corrected chi connectivity index (χ2v) is 8.49. The number of carboxylic acid groups (broad SMARTS) is 1. The van der Waals surface area contributed by atoms with Crippen molar-refractivity contribution in [2.75, 3.05) is 5.75 Å². The van der Waals surface area contributed by atoms with E-state index in [0.717, 1.165) is 36.2 Å². The van der Waals surface area contributed by atoms with Gasteiger partial charge in [-0.15, -0.1) is 11.8 Å². The quantitative estimate of drug-likeness (QED) is 0.275. The zero-order valence-corrected chi connectivity index (χ0v) is 17.4. The molecule has 0 amide bonds. The van der Waals surface area contributed by atoms with Crippen LogP contribution in [0.25, 0.3) is 21.8 Å². The molecule has 0 atom stereocenters. The molecule has 0 bridgehead atoms. The first-order valence-electron chi connectivity index (χ1n) is 10.1. The van der Waals surface area contributed by atoms with Crippen LogP contribution in [-0.2, 0) is 17.8 Å². The highest BCUT2D eigenvalue weighted by Crippen LogP contribution is 2.38. The Morgan fingerprint density at radius 2 is 1.72 bits per heavy atom. The van der Waals surface area contributed by atoms with E-state index in [4.69, 9.17) is 0 Å². The van der Waals surface area contributed by atoms with Crippen LogP contribution in [0, 0.1) is 0 Å². The Bertz CT molecular complexity index is 1150. The molecule has 1 heterocycles. The first-order valence-corrected chi connectivity index (χ1v) is 11.1. The molecule has 0 aliphatic heterocycles. The van der Waals surface area contributed by atoms with E-state index in [1.165, 1.54) is 26.7 Å². The number of thioether (sulfide) groups is 1. The Balaban J connectivity index is 1.94. The molecule has 3 nitrogen and oxygen atoms in total. The summed E-state index contributed by atoms with van der Waals surface area (Å²) in [5.74, 6) is 0.250. The Morgan fingerprint density at radius 3 is 2.48 bits per heavy atom. The molecule has 1 aromatic heterocycles. The number of hydrogen-bond acceptors (Lipinski definition) is 2. The van der Waals surface area contributed by atoms with E-state index < -0.39 is 5.97 Å². The molecular weight excluding hydrogens is 378 g/mol. The van der Waals surface area contributed by atoms with Crippen molar-refractivity contribution < 1.29 is 9.90 Å². The van der Waals surface area contributed by atoms with Crippen molar-refractivity contribution in [3.05, 3.63) is 77.9 Å². The van der Waals surface area contributed by atoms with Crippen LogP contribution in [0.3, 0.4) is 0 Å². The largest absolute Gasteiger partial charge is 0.481 e. The predicted octanol–water partition coefficient (Wildman–Crippen LogP) is 6.36. The Morgan fingerprint density at radius 1 is 0.966 bits per heavy atom. The van der Waals surface area contributed by atoms with Crippen LogP contribution in [0.5, 0.6) is 0 Å². The van der Waals surface area contributed by atoms with Gasteiger partial charge in [-0.3, -0.25) is 4.79 Å². The molecule has 0 aliphatic carbocycles. The Hall–Kier alpha value is -2.72. The second-order valence-electron chi connectivity index (χ2n) is 7.35. The minimum absolute atomic E-state index is 0.0458. The van der Waals surface area contributed by atoms with Gasteiger partial charge in [0.1, 0.15) is 0 Å². The number of aromatic nitrogens is 1. The van der Waals surface area contributed by atoms with Gasteiger partial charge in [0.25, 0.3) is 0 Å². The van der Waals surface area contributed by atoms with Gasteiger partial charge in [0.2, 0.25) is 0 Å². The summed E-state index contributed by atoms with van der Waals surface area (Å²) in [6.45, 7) is 2.96. The molecule has 1 N–H and O–H groups in total. The Labute approximate surface area is 175 Å². The third kappa shape index (κ3) is 4.18. The van der Waals surface area contributed by atoms with Crippen molar-refractivity contribution in [2.45, 2.75) is 37.6 Å². The van der Waals surface area contributed by atoms with E-state index in [1.807, 2.05) is 17.8 Å². The lowest BCUT2D eigenvalue weighted by Crippen LogP contribution is -2.02. The van der Waals surface area contributed by atoms with Crippen LogP contribution in [0.2, 0.25) is 0 Å². The SMILES string of the molecule is CCCCSc1cc(CC(=O)O)cc2c1c1ccccc1n2Cc1ccccc1. The molecule has 0 unspecified atom stereocenters. The number of carbonyl (C=O) groups is 1. The summed E-state index contributed by atoms with van der Waals surface area (Å²) >= 11 is 1.84. The standard InChI is InChI=1S/C25H25NO2S/c1-2-3-13-29-23-15-19(16-24(27)28)14-22-25(23)20-11-7-8-12-21(20)26(22)17-18-9-5-4-6-10-18/h4-12,14-15H,2-3,13,16-17H2,1H3,(H,27,28). The molecule has 3 aromatic carbocycles. The monoisotopic (exact) mass is 403 g/mol. The number of unbranched alkanes of at least 4 members (excludes halogenated alkanes) is 1. The third-order valence-corrected chi connectivity index (χ3v) is 6.32. The van der Waals surface area contributed by atoms with Gasteiger partial charge >= 0.3 is 5.97 Å². The smallest absolute Gasteiger partial charge is 0.307 e. The molecule has 4 heteroatoms. The molecule has 0 aliphatic rings. The van der Waals surface area contributed by atoms with Gasteiger partial charge in [-0.1, -0.05) is 61.9 Å². The normalized spacial score (nSPS) is 11.3. The first kappa shape index (κ1) is 19.6. The second kappa shape index (κ2) is 8.75. The average molecular weight is 404 g/mol. The zero-order valence-electron chi connectivity index (χ0n) is 16.6. The maximum atomic E-state index is 11.4. The molecule has 0 spiro atoms. The molecule has 0 saturated carbocycles. The van der Waals surface area contributed by atoms with E-state index in [9.17, 15) is 9.90 Å². The summed E-state index contributed by atoms with van der Waals surface area (Å²) in [4.78, 5) is 12.6. The van der Waals surface area contributed by atoms with Crippen LogP contribution >= 0.6 is 11.8 Å². The number of hydrogen-bond donors (Lipinski definition) is 1. The van der Waals surface area contributed by atoms with Gasteiger partial charge in [0, 0.05) is 27.7 Å². The lowest BCUT2D eigenvalue weighted by molar-refractivity contribution is -0.136. The highest BCUT2D eigenvalue weighted by Gasteiger charge is 2.16. The highest BCUT2D eigenvalue weighted by atomic mass is 32.2. The van der Waals surface area contributed by atoms with Gasteiger partial charge in [-0.25, -0.2) is 0 Å². The van der Waals surface area contributed by atoms with Gasteiger partial charge < -0.3 is 9.67 Å². The number of aliphatic carboxylic acids is 1. The fraction of sp³-hybridized carbons (Fsp3) is 0.240. The lowest BCUT2D eigenvalue weighted by atomic mass is 10.1. The van der Waals surface area contributed by atoms with Crippen molar-refractivity contribution in [1.29, 1.82) is 0 Å². The maximum Gasteiger partial charge on any atom is 0.307 e. The molecule has 0 fully saturated rings. The van der Waals surface area contributed by atoms with Crippen molar-refractivity contribution >= 4 is 39.5 Å². The average Bonchev–Trinajstić information content (AvgIpc) is 3.02. The fourth-order valence-electron chi connectivity index (χ4n) is 3.84. The number of nitrogens with zero attached hydrogens (tertiary/aromatic N) is 1. The van der Waals surface area contributed by atoms with Crippen LogP contribution in [0.4, 0.5) is 0 Å². The topological polar surface area (TPSA) is 42.2 Å². The minimum Gasteiger partial charge on any atom is -0.481 e. The summed E-state index contributed by atoms with van der Waals surface area (Å²) in [6.07, 6.45) is 2.35. The lowest BCUT2D eigenvalue weighted by Gasteiger charge is -2.11. The molecule has 148 valence electrons. The van der Waals surface area contributed by atoms with Crippen LogP contribution in [0.1, 0.15) is 30.9 Å². The van der Waals surface area contributed by atoms with Crippen molar-refractivity contribution in [3.63, 3.8) is 0 Å². The van der Waals surface area contributed by atoms with Crippen LogP contribution in [0.15, 0.2) is 71.6 Å². The summed E-state index contributed by atoms with van der Waals surface area (Å²) in [7, 11) is 0. The van der Waals surface area contributed by atoms with E-state index in [-0.39, 0.29) is 6.42 Å². The number of carboxylic acids is 1. The van der Waals surface area contributed by atoms with Crippen molar-refractivity contribution in [3.8, 4) is 0 Å². The molecule has 4 rings (SSSR count). The predicted molar refractivity (Wildman–Crippen MR) is 122 cm³/mol. The van der Waals surface area contributed by atoms with Gasteiger partial charge in [-0.2, -0.15) is 0 Å². The van der Waals surface area contributed by atoms with Crippen LogP contribution < -0.4 is 0 Å². The maximum absolute atomic E-state index is 11.4. The third-order valence-electron chi connectivity index (χ3n) is 5.19. The number of para-hydroxylation sites is 1. The first-order chi connectivity index (χ1) is 14.2. The van der Waals surface area contributed by atoms with E-state index >= 15 is 0 Å². The van der Waals surface area contributed by atoms with Crippen molar-refractivity contribution in [1.82, 2.24) is 4.57 Å². The van der Waals surface area contributed by atoms with Gasteiger partial charge in [-0.05, 0) is 41.5 Å². The Kier molecular flexibility index (Phi) is 5.91. The minimum atomic E-state index is -0.792. The number of benzene rings is 3. The van der Waals surface area contributed by atoms with Gasteiger partial charge in [0.05, 0.1) is 11.9 Å². The summed E-state index contributed by atoms with van der Waals surface area (Å²) in [5, 5.41) is 11.9. The number of fused-ring (bicyclic) bond motifs is 3.